The van der Waals surface area contributed by atoms with Gasteiger partial charge in [-0.3, -0.25) is 14.7 Å². The molecule has 1 unspecified atom stereocenters. The fraction of sp³-hybridized carbons (Fsp3) is 0.423. The van der Waals surface area contributed by atoms with Crippen molar-refractivity contribution >= 4 is 30.2 Å². The number of fused-ring (bicyclic) bond motifs is 1. The molecule has 0 bridgehead atoms. The average Bonchev–Trinajstić information content (AvgIpc) is 3.15. The highest BCUT2D eigenvalue weighted by Gasteiger charge is 2.51. The second-order valence-corrected chi connectivity index (χ2v) is 12.6. The predicted molar refractivity (Wildman–Crippen MR) is 143 cm³/mol. The minimum Gasteiger partial charge on any atom is -0.495 e. The molecule has 2 aromatic carbocycles. The van der Waals surface area contributed by atoms with Crippen LogP contribution < -0.4 is 14.6 Å². The molecule has 36 heavy (non-hydrogen) atoms. The fourth-order valence-corrected chi connectivity index (χ4v) is 8.01. The number of methoxy groups -OCH3 is 1. The lowest BCUT2D eigenvalue weighted by Gasteiger charge is -2.40. The quantitative estimate of drug-likeness (QED) is 0.266. The molecule has 1 N–H and O–H groups in total. The van der Waals surface area contributed by atoms with Gasteiger partial charge in [-0.2, -0.15) is 9.88 Å². The minimum absolute atomic E-state index is 0.0319. The maximum absolute atomic E-state index is 15.3. The summed E-state index contributed by atoms with van der Waals surface area (Å²) in [5.41, 5.74) is 2.76. The number of rotatable bonds is 6. The Hall–Kier alpha value is -3.32. The Morgan fingerprint density at radius 1 is 1.08 bits per heavy atom. The van der Waals surface area contributed by atoms with Crippen LogP contribution in [0.15, 0.2) is 64.6 Å². The van der Waals surface area contributed by atoms with Gasteiger partial charge < -0.3 is 14.7 Å². The lowest BCUT2D eigenvalue weighted by Crippen LogP contribution is -2.36. The van der Waals surface area contributed by atoms with Gasteiger partial charge in [-0.05, 0) is 55.7 Å². The van der Waals surface area contributed by atoms with Gasteiger partial charge >= 0.3 is 7.44 Å². The largest absolute Gasteiger partial charge is 0.495 e. The lowest BCUT2D eigenvalue weighted by molar-refractivity contribution is -0.384. The van der Waals surface area contributed by atoms with Crippen LogP contribution >= 0.6 is 7.44 Å². The van der Waals surface area contributed by atoms with Crippen molar-refractivity contribution in [2.75, 3.05) is 30.1 Å². The molecule has 9 nitrogen and oxygen atoms in total. The second-order valence-electron chi connectivity index (χ2n) is 10.4. The number of para-hydroxylation sites is 1. The van der Waals surface area contributed by atoms with E-state index in [-0.39, 0.29) is 11.1 Å². The highest BCUT2D eigenvalue weighted by Crippen LogP contribution is 2.67. The van der Waals surface area contributed by atoms with Crippen LogP contribution in [0.25, 0.3) is 0 Å². The van der Waals surface area contributed by atoms with E-state index in [1.54, 1.807) is 4.78 Å². The first-order valence-electron chi connectivity index (χ1n) is 12.3. The van der Waals surface area contributed by atoms with Crippen molar-refractivity contribution in [3.05, 3.63) is 69.7 Å². The van der Waals surface area contributed by atoms with E-state index in [2.05, 4.69) is 23.8 Å². The van der Waals surface area contributed by atoms with Crippen LogP contribution in [0.4, 0.5) is 17.1 Å². The smallest absolute Gasteiger partial charge is 0.313 e. The first-order valence-corrected chi connectivity index (χ1v) is 14.0. The fourth-order valence-electron chi connectivity index (χ4n) is 5.38. The highest BCUT2D eigenvalue weighted by molar-refractivity contribution is 7.73. The number of ether oxygens (including phenoxy) is 1. The third-order valence-electron chi connectivity index (χ3n) is 7.01. The molecule has 5 rings (SSSR count). The predicted octanol–water partition coefficient (Wildman–Crippen LogP) is 6.60. The molecule has 0 aromatic heterocycles. The SMILES string of the molecule is COc1ccc([N+](=O)[O-])cc1NP1(=O)C2=C(N3CCCCC3)CC(C)(C)CC2=NN1c1ccccc1. The summed E-state index contributed by atoms with van der Waals surface area (Å²) < 4.78 is 22.4. The molecular formula is C26H32N5O4P. The summed E-state index contributed by atoms with van der Waals surface area (Å²) in [5, 5.41) is 20.4. The van der Waals surface area contributed by atoms with Gasteiger partial charge in [-0.1, -0.05) is 32.0 Å². The maximum atomic E-state index is 15.3. The molecule has 10 heteroatoms. The van der Waals surface area contributed by atoms with Crippen LogP contribution in [0, 0.1) is 15.5 Å². The Morgan fingerprint density at radius 2 is 1.81 bits per heavy atom. The summed E-state index contributed by atoms with van der Waals surface area (Å²) >= 11 is 0. The van der Waals surface area contributed by atoms with E-state index in [1.807, 2.05) is 30.3 Å². The lowest BCUT2D eigenvalue weighted by atomic mass is 9.78. The van der Waals surface area contributed by atoms with Crippen LogP contribution in [0.5, 0.6) is 5.75 Å². The zero-order valence-electron chi connectivity index (χ0n) is 20.9. The number of nitrogens with one attached hydrogen (secondary N) is 1. The molecule has 2 heterocycles. The molecule has 1 atom stereocenters. The number of anilines is 2. The molecule has 1 aliphatic carbocycles. The standard InChI is InChI=1S/C26H32N5O4P/c1-26(2)17-22-25(23(18-26)29-14-8-5-9-15-29)36(34,30(27-22)19-10-6-4-7-11-19)28-21-16-20(31(32)33)12-13-24(21)35-3/h4,6-7,10-13,16H,5,8-9,14-15,17-18H2,1-3H3,(H,28,34). The van der Waals surface area contributed by atoms with Crippen LogP contribution in [-0.4, -0.2) is 35.7 Å². The molecule has 2 aliphatic heterocycles. The van der Waals surface area contributed by atoms with Gasteiger partial charge in [0.05, 0.1) is 34.4 Å². The first-order chi connectivity index (χ1) is 17.2. The Morgan fingerprint density at radius 3 is 2.47 bits per heavy atom. The Kier molecular flexibility index (Phi) is 6.29. The number of hydrogen-bond donors (Lipinski definition) is 1. The zero-order valence-corrected chi connectivity index (χ0v) is 21.8. The summed E-state index contributed by atoms with van der Waals surface area (Å²) in [6.45, 7) is 6.30. The topological polar surface area (TPSA) is 100 Å². The molecule has 2 aromatic rings. The molecule has 0 saturated carbocycles. The number of likely N-dealkylation sites (tertiary alicyclic amines) is 1. The monoisotopic (exact) mass is 509 g/mol. The Bertz CT molecular complexity index is 1280. The van der Waals surface area contributed by atoms with Gasteiger partial charge in [-0.25, -0.2) is 0 Å². The van der Waals surface area contributed by atoms with E-state index in [1.165, 1.54) is 31.7 Å². The molecule has 0 spiro atoms. The molecule has 1 fully saturated rings. The van der Waals surface area contributed by atoms with E-state index < -0.39 is 12.4 Å². The molecule has 3 aliphatic rings. The summed E-state index contributed by atoms with van der Waals surface area (Å²) in [5.74, 6) is 0.383. The number of allylic oxidation sites excluding steroid dienone is 2. The van der Waals surface area contributed by atoms with E-state index in [0.29, 0.717) is 23.5 Å². The van der Waals surface area contributed by atoms with Crippen molar-refractivity contribution in [1.29, 1.82) is 0 Å². The van der Waals surface area contributed by atoms with Crippen LogP contribution in [-0.2, 0) is 4.57 Å². The third kappa shape index (κ3) is 4.37. The average molecular weight is 510 g/mol. The van der Waals surface area contributed by atoms with Crippen molar-refractivity contribution in [2.45, 2.75) is 46.0 Å². The van der Waals surface area contributed by atoms with Crippen LogP contribution in [0.3, 0.4) is 0 Å². The molecule has 190 valence electrons. The van der Waals surface area contributed by atoms with Gasteiger partial charge in [0, 0.05) is 30.9 Å². The van der Waals surface area contributed by atoms with Crippen LogP contribution in [0.1, 0.15) is 46.0 Å². The summed E-state index contributed by atoms with van der Waals surface area (Å²) in [6.07, 6.45) is 4.88. The van der Waals surface area contributed by atoms with E-state index >= 15 is 4.57 Å². The van der Waals surface area contributed by atoms with E-state index in [0.717, 1.165) is 49.1 Å². The molecule has 1 saturated heterocycles. The van der Waals surface area contributed by atoms with E-state index in [4.69, 9.17) is 9.84 Å². The number of nitro benzene ring substituents is 1. The summed E-state index contributed by atoms with van der Waals surface area (Å²) in [6, 6.07) is 13.7. The Balaban J connectivity index is 1.71. The van der Waals surface area contributed by atoms with Crippen molar-refractivity contribution in [3.63, 3.8) is 0 Å². The number of non-ortho nitro benzene ring substituents is 1. The van der Waals surface area contributed by atoms with Gasteiger partial charge in [0.15, 0.2) is 0 Å². The van der Waals surface area contributed by atoms with Crippen molar-refractivity contribution in [2.24, 2.45) is 10.5 Å². The molecular weight excluding hydrogens is 477 g/mol. The normalized spacial score (nSPS) is 23.2. The maximum Gasteiger partial charge on any atom is 0.313 e. The van der Waals surface area contributed by atoms with Crippen LogP contribution in [0.2, 0.25) is 0 Å². The minimum atomic E-state index is -3.61. The first kappa shape index (κ1) is 24.4. The van der Waals surface area contributed by atoms with Gasteiger partial charge in [0.1, 0.15) is 5.75 Å². The third-order valence-corrected chi connectivity index (χ3v) is 9.54. The summed E-state index contributed by atoms with van der Waals surface area (Å²) in [4.78, 5) is 13.4. The van der Waals surface area contributed by atoms with Gasteiger partial charge in [0.2, 0.25) is 0 Å². The van der Waals surface area contributed by atoms with Crippen molar-refractivity contribution in [3.8, 4) is 5.75 Å². The number of hydrazone groups is 1. The van der Waals surface area contributed by atoms with Crippen molar-refractivity contribution in [1.82, 2.24) is 4.90 Å². The molecule has 0 amide bonds. The highest BCUT2D eigenvalue weighted by atomic mass is 31.2. The number of hydrogen-bond acceptors (Lipinski definition) is 6. The number of nitro groups is 1. The second kappa shape index (κ2) is 9.28. The molecule has 0 radical (unpaired) electrons. The summed E-state index contributed by atoms with van der Waals surface area (Å²) in [7, 11) is -2.11. The van der Waals surface area contributed by atoms with Gasteiger partial charge in [0.25, 0.3) is 5.69 Å². The van der Waals surface area contributed by atoms with E-state index in [9.17, 15) is 10.1 Å². The Labute approximate surface area is 211 Å². The number of piperidine rings is 1. The zero-order chi connectivity index (χ0) is 25.5. The van der Waals surface area contributed by atoms with Gasteiger partial charge in [-0.15, -0.1) is 0 Å². The number of nitrogens with zero attached hydrogens (tertiary/aromatic N) is 4. The van der Waals surface area contributed by atoms with Crippen molar-refractivity contribution < 1.29 is 14.2 Å². The number of benzene rings is 2.